The van der Waals surface area contributed by atoms with Crippen LogP contribution in [0.2, 0.25) is 10.0 Å². The van der Waals surface area contributed by atoms with Gasteiger partial charge in [0.15, 0.2) is 0 Å². The molecule has 1 N–H and O–H groups in total. The molecular formula is C14H18Cl2FNO2. The topological polar surface area (TPSA) is 40.5 Å². The normalized spacial score (nSPS) is 14.3. The summed E-state index contributed by atoms with van der Waals surface area (Å²) in [5.41, 5.74) is 0.604. The lowest BCUT2D eigenvalue weighted by molar-refractivity contribution is -0.138. The van der Waals surface area contributed by atoms with Gasteiger partial charge in [0.05, 0.1) is 11.4 Å². The van der Waals surface area contributed by atoms with Crippen LogP contribution in [0.5, 0.6) is 0 Å². The van der Waals surface area contributed by atoms with Gasteiger partial charge in [-0.25, -0.2) is 4.39 Å². The Bertz CT molecular complexity index is 496. The Hall–Kier alpha value is -0.840. The van der Waals surface area contributed by atoms with E-state index in [1.807, 2.05) is 25.7 Å². The molecule has 0 saturated carbocycles. The van der Waals surface area contributed by atoms with Crippen molar-refractivity contribution >= 4 is 29.2 Å². The molecule has 20 heavy (non-hydrogen) atoms. The van der Waals surface area contributed by atoms with Crippen molar-refractivity contribution in [2.24, 2.45) is 0 Å². The Morgan fingerprint density at radius 2 is 1.95 bits per heavy atom. The highest BCUT2D eigenvalue weighted by atomic mass is 35.5. The molecule has 0 bridgehead atoms. The van der Waals surface area contributed by atoms with Gasteiger partial charge in [-0.3, -0.25) is 9.69 Å². The maximum atomic E-state index is 13.6. The van der Waals surface area contributed by atoms with Crippen LogP contribution >= 0.6 is 23.2 Å². The standard InChI is InChI=1S/C14H18Cl2FNO2/c1-4-18(8(2)5-14(19)20)9(3)10-6-13(17)12(16)7-11(10)15/h6-9H,4-5H2,1-3H3,(H,19,20). The molecule has 0 spiro atoms. The van der Waals surface area contributed by atoms with Gasteiger partial charge in [-0.15, -0.1) is 0 Å². The van der Waals surface area contributed by atoms with Crippen LogP contribution in [0.4, 0.5) is 4.39 Å². The zero-order valence-electron chi connectivity index (χ0n) is 11.7. The van der Waals surface area contributed by atoms with Gasteiger partial charge in [-0.1, -0.05) is 30.1 Å². The minimum atomic E-state index is -0.864. The van der Waals surface area contributed by atoms with Gasteiger partial charge in [-0.05, 0) is 38.1 Å². The summed E-state index contributed by atoms with van der Waals surface area (Å²) < 4.78 is 13.6. The molecule has 3 nitrogen and oxygen atoms in total. The van der Waals surface area contributed by atoms with E-state index in [4.69, 9.17) is 28.3 Å². The first-order valence-electron chi connectivity index (χ1n) is 6.39. The lowest BCUT2D eigenvalue weighted by atomic mass is 10.0. The highest BCUT2D eigenvalue weighted by molar-refractivity contribution is 6.35. The molecule has 0 saturated heterocycles. The highest BCUT2D eigenvalue weighted by Crippen LogP contribution is 2.32. The van der Waals surface area contributed by atoms with Gasteiger partial charge >= 0.3 is 5.97 Å². The molecular weight excluding hydrogens is 304 g/mol. The molecule has 0 amide bonds. The summed E-state index contributed by atoms with van der Waals surface area (Å²) in [4.78, 5) is 12.8. The summed E-state index contributed by atoms with van der Waals surface area (Å²) >= 11 is 11.8. The Kier molecular flexibility index (Phi) is 6.24. The first-order chi connectivity index (χ1) is 9.27. The second kappa shape index (κ2) is 7.25. The number of carboxylic acids is 1. The Labute approximate surface area is 128 Å². The largest absolute Gasteiger partial charge is 0.481 e. The maximum Gasteiger partial charge on any atom is 0.304 e. The van der Waals surface area contributed by atoms with Crippen LogP contribution in [0.25, 0.3) is 0 Å². The van der Waals surface area contributed by atoms with Crippen LogP contribution in [-0.4, -0.2) is 28.6 Å². The number of hydrogen-bond acceptors (Lipinski definition) is 2. The molecule has 1 aromatic carbocycles. The van der Waals surface area contributed by atoms with Gasteiger partial charge in [0.2, 0.25) is 0 Å². The fourth-order valence-electron chi connectivity index (χ4n) is 2.37. The molecule has 1 rings (SSSR count). The second-order valence-corrected chi connectivity index (χ2v) is 5.56. The second-order valence-electron chi connectivity index (χ2n) is 4.74. The number of nitrogens with zero attached hydrogens (tertiary/aromatic N) is 1. The zero-order valence-corrected chi connectivity index (χ0v) is 13.2. The molecule has 0 aromatic heterocycles. The lowest BCUT2D eigenvalue weighted by Crippen LogP contribution is -2.36. The van der Waals surface area contributed by atoms with Crippen LogP contribution in [0, 0.1) is 5.82 Å². The fourth-order valence-corrected chi connectivity index (χ4v) is 2.92. The lowest BCUT2D eigenvalue weighted by Gasteiger charge is -2.33. The monoisotopic (exact) mass is 321 g/mol. The van der Waals surface area contributed by atoms with Crippen molar-refractivity contribution in [3.63, 3.8) is 0 Å². The number of benzene rings is 1. The third kappa shape index (κ3) is 4.08. The summed E-state index contributed by atoms with van der Waals surface area (Å²) in [6.07, 6.45) is 0.0197. The summed E-state index contributed by atoms with van der Waals surface area (Å²) in [5, 5.41) is 9.24. The summed E-state index contributed by atoms with van der Waals surface area (Å²) in [7, 11) is 0. The van der Waals surface area contributed by atoms with E-state index in [-0.39, 0.29) is 23.5 Å². The molecule has 6 heteroatoms. The number of rotatable bonds is 6. The molecule has 0 aliphatic carbocycles. The highest BCUT2D eigenvalue weighted by Gasteiger charge is 2.24. The van der Waals surface area contributed by atoms with E-state index in [0.717, 1.165) is 0 Å². The van der Waals surface area contributed by atoms with E-state index in [1.54, 1.807) is 0 Å². The SMILES string of the molecule is CCN(C(C)CC(=O)O)C(C)c1cc(F)c(Cl)cc1Cl. The smallest absolute Gasteiger partial charge is 0.304 e. The van der Waals surface area contributed by atoms with E-state index >= 15 is 0 Å². The van der Waals surface area contributed by atoms with E-state index in [9.17, 15) is 9.18 Å². The van der Waals surface area contributed by atoms with Crippen molar-refractivity contribution in [2.75, 3.05) is 6.54 Å². The number of hydrogen-bond donors (Lipinski definition) is 1. The molecule has 2 unspecified atom stereocenters. The minimum Gasteiger partial charge on any atom is -0.481 e. The van der Waals surface area contributed by atoms with E-state index in [2.05, 4.69) is 0 Å². The first-order valence-corrected chi connectivity index (χ1v) is 7.15. The molecule has 2 atom stereocenters. The van der Waals surface area contributed by atoms with Crippen LogP contribution in [0.3, 0.4) is 0 Å². The molecule has 0 aliphatic rings. The molecule has 0 radical (unpaired) electrons. The molecule has 1 aromatic rings. The van der Waals surface area contributed by atoms with E-state index in [1.165, 1.54) is 12.1 Å². The third-order valence-electron chi connectivity index (χ3n) is 3.39. The van der Waals surface area contributed by atoms with E-state index < -0.39 is 11.8 Å². The Morgan fingerprint density at radius 1 is 1.35 bits per heavy atom. The Morgan fingerprint density at radius 3 is 2.45 bits per heavy atom. The van der Waals surface area contributed by atoms with Crippen molar-refractivity contribution in [3.8, 4) is 0 Å². The van der Waals surface area contributed by atoms with Gasteiger partial charge in [-0.2, -0.15) is 0 Å². The van der Waals surface area contributed by atoms with Crippen molar-refractivity contribution in [1.82, 2.24) is 4.90 Å². The molecule has 0 fully saturated rings. The minimum absolute atomic E-state index is 0.0197. The van der Waals surface area contributed by atoms with Crippen LogP contribution in [0.1, 0.15) is 38.8 Å². The average molecular weight is 322 g/mol. The number of aliphatic carboxylic acids is 1. The predicted molar refractivity (Wildman–Crippen MR) is 78.9 cm³/mol. The maximum absolute atomic E-state index is 13.6. The van der Waals surface area contributed by atoms with E-state index in [0.29, 0.717) is 17.1 Å². The number of halogens is 3. The average Bonchev–Trinajstić information content (AvgIpc) is 2.33. The number of carboxylic acid groups (broad SMARTS) is 1. The van der Waals surface area contributed by atoms with Gasteiger partial charge in [0.1, 0.15) is 5.82 Å². The molecule has 112 valence electrons. The Balaban J connectivity index is 3.04. The van der Waals surface area contributed by atoms with Crippen molar-refractivity contribution in [1.29, 1.82) is 0 Å². The molecule has 0 aliphatic heterocycles. The van der Waals surface area contributed by atoms with Gasteiger partial charge in [0.25, 0.3) is 0 Å². The summed E-state index contributed by atoms with van der Waals surface area (Å²) in [5.74, 6) is -1.39. The van der Waals surface area contributed by atoms with Crippen molar-refractivity contribution in [3.05, 3.63) is 33.6 Å². The summed E-state index contributed by atoms with van der Waals surface area (Å²) in [6.45, 7) is 6.26. The summed E-state index contributed by atoms with van der Waals surface area (Å²) in [6, 6.07) is 2.31. The van der Waals surface area contributed by atoms with Gasteiger partial charge in [0, 0.05) is 17.1 Å². The quantitative estimate of drug-likeness (QED) is 0.790. The predicted octanol–water partition coefficient (Wildman–Crippen LogP) is 4.38. The van der Waals surface area contributed by atoms with Crippen LogP contribution in [-0.2, 0) is 4.79 Å². The van der Waals surface area contributed by atoms with Crippen molar-refractivity contribution < 1.29 is 14.3 Å². The van der Waals surface area contributed by atoms with Crippen LogP contribution < -0.4 is 0 Å². The van der Waals surface area contributed by atoms with Crippen LogP contribution in [0.15, 0.2) is 12.1 Å². The zero-order chi connectivity index (χ0) is 15.4. The molecule has 0 heterocycles. The third-order valence-corrected chi connectivity index (χ3v) is 4.01. The first kappa shape index (κ1) is 17.2. The fraction of sp³-hybridized carbons (Fsp3) is 0.500. The number of carbonyl (C=O) groups is 1. The van der Waals surface area contributed by atoms with Gasteiger partial charge < -0.3 is 5.11 Å². The van der Waals surface area contributed by atoms with Crippen molar-refractivity contribution in [2.45, 2.75) is 39.3 Å².